The van der Waals surface area contributed by atoms with E-state index in [2.05, 4.69) is 10.0 Å². The SMILES string of the molecule is CN(C)C(=O)c1cccc(S(=O)(=O)NC2COC3(CCNCC3)C2)c1. The zero-order chi connectivity index (χ0) is 18.1. The summed E-state index contributed by atoms with van der Waals surface area (Å²) in [7, 11) is -0.427. The lowest BCUT2D eigenvalue weighted by molar-refractivity contribution is -0.0193. The number of benzene rings is 1. The Hall–Kier alpha value is -1.48. The van der Waals surface area contributed by atoms with Gasteiger partial charge in [-0.15, -0.1) is 0 Å². The smallest absolute Gasteiger partial charge is 0.253 e. The lowest BCUT2D eigenvalue weighted by atomic mass is 9.88. The molecule has 1 spiro atoms. The fraction of sp³-hybridized carbons (Fsp3) is 0.588. The number of amides is 1. The van der Waals surface area contributed by atoms with Crippen molar-refractivity contribution >= 4 is 15.9 Å². The Morgan fingerprint density at radius 2 is 2.04 bits per heavy atom. The third-order valence-electron chi connectivity index (χ3n) is 4.84. The zero-order valence-corrected chi connectivity index (χ0v) is 15.4. The van der Waals surface area contributed by atoms with Crippen LogP contribution in [0.1, 0.15) is 29.6 Å². The van der Waals surface area contributed by atoms with Gasteiger partial charge in [0.25, 0.3) is 5.91 Å². The molecule has 138 valence electrons. The molecule has 2 saturated heterocycles. The van der Waals surface area contributed by atoms with E-state index in [-0.39, 0.29) is 22.4 Å². The minimum Gasteiger partial charge on any atom is -0.373 e. The van der Waals surface area contributed by atoms with Crippen molar-refractivity contribution in [2.75, 3.05) is 33.8 Å². The molecule has 2 fully saturated rings. The van der Waals surface area contributed by atoms with E-state index in [1.807, 2.05) is 0 Å². The first-order valence-corrected chi connectivity index (χ1v) is 9.98. The normalized spacial score (nSPS) is 22.9. The molecule has 0 radical (unpaired) electrons. The van der Waals surface area contributed by atoms with Gasteiger partial charge in [-0.1, -0.05) is 6.07 Å². The number of hydrogen-bond donors (Lipinski definition) is 2. The molecular formula is C17H25N3O4S. The van der Waals surface area contributed by atoms with Crippen LogP contribution in [0.2, 0.25) is 0 Å². The Kier molecular flexibility index (Phi) is 5.15. The van der Waals surface area contributed by atoms with Crippen molar-refractivity contribution in [2.45, 2.75) is 35.8 Å². The number of piperidine rings is 1. The number of hydrogen-bond acceptors (Lipinski definition) is 5. The van der Waals surface area contributed by atoms with E-state index in [0.717, 1.165) is 25.9 Å². The summed E-state index contributed by atoms with van der Waals surface area (Å²) < 4.78 is 34.1. The Balaban J connectivity index is 1.72. The number of ether oxygens (including phenoxy) is 1. The molecule has 1 unspecified atom stereocenters. The van der Waals surface area contributed by atoms with Crippen molar-refractivity contribution in [3.05, 3.63) is 29.8 Å². The fourth-order valence-electron chi connectivity index (χ4n) is 3.49. The third kappa shape index (κ3) is 4.03. The molecule has 0 saturated carbocycles. The van der Waals surface area contributed by atoms with Gasteiger partial charge in [0.15, 0.2) is 0 Å². The third-order valence-corrected chi connectivity index (χ3v) is 6.36. The van der Waals surface area contributed by atoms with Gasteiger partial charge in [0.05, 0.1) is 17.1 Å². The predicted molar refractivity (Wildman–Crippen MR) is 94.0 cm³/mol. The second-order valence-corrected chi connectivity index (χ2v) is 8.71. The summed E-state index contributed by atoms with van der Waals surface area (Å²) in [4.78, 5) is 13.6. The molecule has 2 N–H and O–H groups in total. The first-order valence-electron chi connectivity index (χ1n) is 8.50. The molecule has 1 atom stereocenters. The molecule has 8 heteroatoms. The van der Waals surface area contributed by atoms with Gasteiger partial charge in [-0.05, 0) is 50.6 Å². The summed E-state index contributed by atoms with van der Waals surface area (Å²) in [5, 5.41) is 3.30. The van der Waals surface area contributed by atoms with Gasteiger partial charge < -0.3 is 15.0 Å². The molecule has 1 aromatic carbocycles. The van der Waals surface area contributed by atoms with Crippen LogP contribution < -0.4 is 10.0 Å². The van der Waals surface area contributed by atoms with Crippen LogP contribution in [0.3, 0.4) is 0 Å². The van der Waals surface area contributed by atoms with Crippen molar-refractivity contribution in [1.82, 2.24) is 14.9 Å². The van der Waals surface area contributed by atoms with E-state index in [1.54, 1.807) is 26.2 Å². The molecule has 2 heterocycles. The lowest BCUT2D eigenvalue weighted by Crippen LogP contribution is -2.43. The first-order chi connectivity index (χ1) is 11.8. The highest BCUT2D eigenvalue weighted by atomic mass is 32.2. The number of nitrogens with one attached hydrogen (secondary N) is 2. The predicted octanol–water partition coefficient (Wildman–Crippen LogP) is 0.578. The van der Waals surface area contributed by atoms with Crippen LogP contribution in [-0.4, -0.2) is 64.7 Å². The Morgan fingerprint density at radius 3 is 2.72 bits per heavy atom. The molecule has 3 rings (SSSR count). The molecule has 7 nitrogen and oxygen atoms in total. The van der Waals surface area contributed by atoms with Crippen LogP contribution >= 0.6 is 0 Å². The van der Waals surface area contributed by atoms with Crippen molar-refractivity contribution in [3.8, 4) is 0 Å². The number of rotatable bonds is 4. The van der Waals surface area contributed by atoms with Gasteiger partial charge in [-0.3, -0.25) is 4.79 Å². The van der Waals surface area contributed by atoms with Gasteiger partial charge in [-0.25, -0.2) is 13.1 Å². The molecular weight excluding hydrogens is 342 g/mol. The maximum absolute atomic E-state index is 12.7. The average Bonchev–Trinajstić information content (AvgIpc) is 2.96. The summed E-state index contributed by atoms with van der Waals surface area (Å²) in [6.45, 7) is 2.18. The van der Waals surface area contributed by atoms with Crippen LogP contribution in [0.5, 0.6) is 0 Å². The highest BCUT2D eigenvalue weighted by molar-refractivity contribution is 7.89. The van der Waals surface area contributed by atoms with Crippen LogP contribution in [0.25, 0.3) is 0 Å². The molecule has 2 aliphatic rings. The Morgan fingerprint density at radius 1 is 1.32 bits per heavy atom. The largest absolute Gasteiger partial charge is 0.373 e. The highest BCUT2D eigenvalue weighted by Gasteiger charge is 2.42. The maximum Gasteiger partial charge on any atom is 0.253 e. The molecule has 0 aromatic heterocycles. The van der Waals surface area contributed by atoms with Gasteiger partial charge in [0, 0.05) is 25.7 Å². The topological polar surface area (TPSA) is 87.7 Å². The van der Waals surface area contributed by atoms with E-state index in [1.165, 1.54) is 17.0 Å². The zero-order valence-electron chi connectivity index (χ0n) is 14.6. The van der Waals surface area contributed by atoms with Crippen LogP contribution in [-0.2, 0) is 14.8 Å². The van der Waals surface area contributed by atoms with E-state index < -0.39 is 10.0 Å². The van der Waals surface area contributed by atoms with Gasteiger partial charge in [0.1, 0.15) is 0 Å². The summed E-state index contributed by atoms with van der Waals surface area (Å²) in [6, 6.07) is 5.89. The van der Waals surface area contributed by atoms with Crippen molar-refractivity contribution in [2.24, 2.45) is 0 Å². The van der Waals surface area contributed by atoms with Crippen molar-refractivity contribution in [3.63, 3.8) is 0 Å². The van der Waals surface area contributed by atoms with Crippen LogP contribution in [0.15, 0.2) is 29.2 Å². The van der Waals surface area contributed by atoms with E-state index in [9.17, 15) is 13.2 Å². The number of carbonyl (C=O) groups is 1. The molecule has 1 aromatic rings. The average molecular weight is 367 g/mol. The summed E-state index contributed by atoms with van der Waals surface area (Å²) >= 11 is 0. The van der Waals surface area contributed by atoms with Gasteiger partial charge in [0.2, 0.25) is 10.0 Å². The quantitative estimate of drug-likeness (QED) is 0.813. The van der Waals surface area contributed by atoms with Gasteiger partial charge in [-0.2, -0.15) is 0 Å². The second kappa shape index (κ2) is 7.03. The van der Waals surface area contributed by atoms with Gasteiger partial charge >= 0.3 is 0 Å². The number of sulfonamides is 1. The van der Waals surface area contributed by atoms with E-state index in [0.29, 0.717) is 18.6 Å². The number of nitrogens with zero attached hydrogens (tertiary/aromatic N) is 1. The van der Waals surface area contributed by atoms with E-state index >= 15 is 0 Å². The number of carbonyl (C=O) groups excluding carboxylic acids is 1. The Bertz CT molecular complexity index is 742. The molecule has 1 amide bonds. The second-order valence-electron chi connectivity index (χ2n) is 6.99. The molecule has 2 aliphatic heterocycles. The van der Waals surface area contributed by atoms with Crippen molar-refractivity contribution < 1.29 is 17.9 Å². The summed E-state index contributed by atoms with van der Waals surface area (Å²) in [6.07, 6.45) is 2.49. The Labute approximate surface area is 148 Å². The molecule has 0 bridgehead atoms. The molecule has 25 heavy (non-hydrogen) atoms. The standard InChI is InChI=1S/C17H25N3O4S/c1-20(2)16(21)13-4-3-5-15(10-13)25(22,23)19-14-11-17(24-12-14)6-8-18-9-7-17/h3-5,10,14,18-19H,6-9,11-12H2,1-2H3. The first kappa shape index (κ1) is 18.3. The van der Waals surface area contributed by atoms with E-state index in [4.69, 9.17) is 4.74 Å². The minimum atomic E-state index is -3.70. The summed E-state index contributed by atoms with van der Waals surface area (Å²) in [5.74, 6) is -0.227. The van der Waals surface area contributed by atoms with Crippen LogP contribution in [0, 0.1) is 0 Å². The van der Waals surface area contributed by atoms with Crippen molar-refractivity contribution in [1.29, 1.82) is 0 Å². The lowest BCUT2D eigenvalue weighted by Gasteiger charge is -2.32. The monoisotopic (exact) mass is 367 g/mol. The summed E-state index contributed by atoms with van der Waals surface area (Å²) in [5.41, 5.74) is 0.145. The maximum atomic E-state index is 12.7. The highest BCUT2D eigenvalue weighted by Crippen LogP contribution is 2.34. The van der Waals surface area contributed by atoms with Crippen LogP contribution in [0.4, 0.5) is 0 Å². The minimum absolute atomic E-state index is 0.103. The molecule has 0 aliphatic carbocycles. The fourth-order valence-corrected chi connectivity index (χ4v) is 4.76.